The molecule has 1 aliphatic carbocycles. The minimum atomic E-state index is 1.17. The number of unbranched alkanes of at least 4 members (excludes halogenated alkanes) is 6. The molecule has 80 valence electrons. The molecule has 0 saturated heterocycles. The van der Waals surface area contributed by atoms with Crippen molar-refractivity contribution >= 4 is 0 Å². The van der Waals surface area contributed by atoms with Gasteiger partial charge in [-0.1, -0.05) is 69.2 Å². The largest absolute Gasteiger partial charge is 0.0805 e. The molecule has 0 unspecified atom stereocenters. The van der Waals surface area contributed by atoms with E-state index in [0.717, 1.165) is 0 Å². The lowest BCUT2D eigenvalue weighted by Crippen LogP contribution is -1.81. The molecule has 0 fully saturated rings. The number of hydrogen-bond acceptors (Lipinski definition) is 0. The van der Waals surface area contributed by atoms with E-state index in [2.05, 4.69) is 25.2 Å². The fraction of sp³-hybridized carbons (Fsp3) is 0.714. The van der Waals surface area contributed by atoms with Gasteiger partial charge in [-0.15, -0.1) is 0 Å². The zero-order valence-electron chi connectivity index (χ0n) is 9.60. The monoisotopic (exact) mass is 192 g/mol. The molecule has 0 heterocycles. The van der Waals surface area contributed by atoms with E-state index in [1.54, 1.807) is 5.57 Å². The molecule has 0 nitrogen and oxygen atoms in total. The van der Waals surface area contributed by atoms with Crippen molar-refractivity contribution in [2.75, 3.05) is 0 Å². The molecule has 0 amide bonds. The lowest BCUT2D eigenvalue weighted by molar-refractivity contribution is 0.590. The van der Waals surface area contributed by atoms with Crippen LogP contribution in [0.4, 0.5) is 0 Å². The molecule has 0 aromatic rings. The zero-order chi connectivity index (χ0) is 10.1. The summed E-state index contributed by atoms with van der Waals surface area (Å²) < 4.78 is 0. The van der Waals surface area contributed by atoms with Crippen LogP contribution >= 0.6 is 0 Å². The maximum atomic E-state index is 2.36. The number of hydrogen-bond donors (Lipinski definition) is 0. The molecule has 0 aliphatic heterocycles. The first kappa shape index (κ1) is 11.6. The van der Waals surface area contributed by atoms with Crippen molar-refractivity contribution in [2.24, 2.45) is 0 Å². The van der Waals surface area contributed by atoms with Crippen molar-refractivity contribution in [3.05, 3.63) is 23.8 Å². The van der Waals surface area contributed by atoms with Gasteiger partial charge in [-0.25, -0.2) is 0 Å². The van der Waals surface area contributed by atoms with Crippen LogP contribution in [0.2, 0.25) is 0 Å². The van der Waals surface area contributed by atoms with Gasteiger partial charge in [-0.3, -0.25) is 0 Å². The van der Waals surface area contributed by atoms with Crippen molar-refractivity contribution in [3.8, 4) is 0 Å². The van der Waals surface area contributed by atoms with E-state index in [1.807, 2.05) is 0 Å². The van der Waals surface area contributed by atoms with E-state index in [4.69, 9.17) is 0 Å². The Morgan fingerprint density at radius 2 is 1.71 bits per heavy atom. The summed E-state index contributed by atoms with van der Waals surface area (Å²) >= 11 is 0. The fourth-order valence-electron chi connectivity index (χ4n) is 1.98. The summed E-state index contributed by atoms with van der Waals surface area (Å²) in [6.45, 7) is 2.28. The molecule has 0 radical (unpaired) electrons. The van der Waals surface area contributed by atoms with Gasteiger partial charge < -0.3 is 0 Å². The average molecular weight is 192 g/mol. The van der Waals surface area contributed by atoms with E-state index in [1.165, 1.54) is 57.8 Å². The second-order valence-electron chi connectivity index (χ2n) is 4.29. The van der Waals surface area contributed by atoms with Crippen LogP contribution in [0.5, 0.6) is 0 Å². The van der Waals surface area contributed by atoms with Crippen LogP contribution in [0.15, 0.2) is 23.8 Å². The number of allylic oxidation sites excluding steroid dienone is 4. The Hall–Kier alpha value is -0.520. The molecule has 1 rings (SSSR count). The van der Waals surface area contributed by atoms with Crippen molar-refractivity contribution in [3.63, 3.8) is 0 Å². The summed E-state index contributed by atoms with van der Waals surface area (Å²) in [5.74, 6) is 0. The minimum Gasteiger partial charge on any atom is -0.0805 e. The predicted octanol–water partition coefficient (Wildman–Crippen LogP) is 5.01. The third-order valence-corrected chi connectivity index (χ3v) is 2.92. The van der Waals surface area contributed by atoms with Crippen LogP contribution in [-0.4, -0.2) is 0 Å². The van der Waals surface area contributed by atoms with Crippen LogP contribution in [0, 0.1) is 0 Å². The second-order valence-corrected chi connectivity index (χ2v) is 4.29. The Morgan fingerprint density at radius 1 is 1.00 bits per heavy atom. The standard InChI is InChI=1S/C14H24/c1-2-3-4-5-6-7-8-11-14-12-9-10-13-14/h9,12-13H,2-8,10-11H2,1H3. The van der Waals surface area contributed by atoms with Crippen LogP contribution in [0.25, 0.3) is 0 Å². The molecule has 1 aliphatic rings. The van der Waals surface area contributed by atoms with Gasteiger partial charge in [-0.05, 0) is 19.3 Å². The van der Waals surface area contributed by atoms with Crippen LogP contribution < -0.4 is 0 Å². The first-order valence-corrected chi connectivity index (χ1v) is 6.29. The molecule has 0 spiro atoms. The summed E-state index contributed by atoms with van der Waals surface area (Å²) in [5.41, 5.74) is 1.57. The highest BCUT2D eigenvalue weighted by Gasteiger charge is 1.97. The molecule has 0 heteroatoms. The molecular weight excluding hydrogens is 168 g/mol. The summed E-state index contributed by atoms with van der Waals surface area (Å²) in [7, 11) is 0. The first-order chi connectivity index (χ1) is 6.93. The molecule has 0 aromatic carbocycles. The second kappa shape index (κ2) is 7.84. The van der Waals surface area contributed by atoms with Gasteiger partial charge >= 0.3 is 0 Å². The Bertz CT molecular complexity index is 186. The third-order valence-electron chi connectivity index (χ3n) is 2.92. The number of rotatable bonds is 8. The summed E-state index contributed by atoms with van der Waals surface area (Å²) in [6.07, 6.45) is 19.3. The topological polar surface area (TPSA) is 0 Å². The Labute approximate surface area is 89.1 Å². The maximum Gasteiger partial charge on any atom is -0.0160 e. The van der Waals surface area contributed by atoms with E-state index in [-0.39, 0.29) is 0 Å². The fourth-order valence-corrected chi connectivity index (χ4v) is 1.98. The van der Waals surface area contributed by atoms with Crippen molar-refractivity contribution < 1.29 is 0 Å². The highest BCUT2D eigenvalue weighted by Crippen LogP contribution is 2.17. The molecule has 0 saturated carbocycles. The minimum absolute atomic E-state index is 1.17. The van der Waals surface area contributed by atoms with E-state index in [0.29, 0.717) is 0 Å². The summed E-state index contributed by atoms with van der Waals surface area (Å²) in [5, 5.41) is 0. The van der Waals surface area contributed by atoms with Gasteiger partial charge in [0.25, 0.3) is 0 Å². The van der Waals surface area contributed by atoms with Crippen molar-refractivity contribution in [2.45, 2.75) is 64.7 Å². The Kier molecular flexibility index (Phi) is 6.47. The van der Waals surface area contributed by atoms with Crippen molar-refractivity contribution in [1.29, 1.82) is 0 Å². The smallest absolute Gasteiger partial charge is 0.0160 e. The molecule has 0 aromatic heterocycles. The molecule has 0 bridgehead atoms. The highest BCUT2D eigenvalue weighted by atomic mass is 14.0. The first-order valence-electron chi connectivity index (χ1n) is 6.29. The third kappa shape index (κ3) is 5.26. The van der Waals surface area contributed by atoms with Crippen LogP contribution in [0.1, 0.15) is 64.7 Å². The highest BCUT2D eigenvalue weighted by molar-refractivity contribution is 5.25. The van der Waals surface area contributed by atoms with E-state index < -0.39 is 0 Å². The van der Waals surface area contributed by atoms with E-state index in [9.17, 15) is 0 Å². The summed E-state index contributed by atoms with van der Waals surface area (Å²) in [4.78, 5) is 0. The average Bonchev–Trinajstić information content (AvgIpc) is 2.69. The Morgan fingerprint density at radius 3 is 2.36 bits per heavy atom. The Balaban J connectivity index is 1.82. The van der Waals surface area contributed by atoms with Crippen LogP contribution in [-0.2, 0) is 0 Å². The quantitative estimate of drug-likeness (QED) is 0.474. The van der Waals surface area contributed by atoms with Crippen LogP contribution in [0.3, 0.4) is 0 Å². The zero-order valence-corrected chi connectivity index (χ0v) is 9.60. The molecule has 0 N–H and O–H groups in total. The van der Waals surface area contributed by atoms with Gasteiger partial charge in [0, 0.05) is 0 Å². The van der Waals surface area contributed by atoms with Gasteiger partial charge in [0.2, 0.25) is 0 Å². The predicted molar refractivity (Wildman–Crippen MR) is 64.5 cm³/mol. The lowest BCUT2D eigenvalue weighted by Gasteiger charge is -2.01. The van der Waals surface area contributed by atoms with Crippen molar-refractivity contribution in [1.82, 2.24) is 0 Å². The molecule has 14 heavy (non-hydrogen) atoms. The van der Waals surface area contributed by atoms with Gasteiger partial charge in [-0.2, -0.15) is 0 Å². The summed E-state index contributed by atoms with van der Waals surface area (Å²) in [6, 6.07) is 0. The lowest BCUT2D eigenvalue weighted by atomic mass is 10.1. The molecular formula is C14H24. The van der Waals surface area contributed by atoms with E-state index >= 15 is 0 Å². The normalized spacial score (nSPS) is 14.8. The van der Waals surface area contributed by atoms with Gasteiger partial charge in [0.15, 0.2) is 0 Å². The maximum absolute atomic E-state index is 2.36. The van der Waals surface area contributed by atoms with Gasteiger partial charge in [0.1, 0.15) is 0 Å². The van der Waals surface area contributed by atoms with Gasteiger partial charge in [0.05, 0.1) is 0 Å². The molecule has 0 atom stereocenters. The SMILES string of the molecule is CCCCCCCCCC1=CCC=C1.